The number of carbonyl (C=O) groups excluding carboxylic acids is 1. The lowest BCUT2D eigenvalue weighted by Gasteiger charge is -2.10. The largest absolute Gasteiger partial charge is 0.476 e. The van der Waals surface area contributed by atoms with E-state index in [1.54, 1.807) is 24.4 Å². The molecule has 5 heteroatoms. The summed E-state index contributed by atoms with van der Waals surface area (Å²) in [6.07, 6.45) is 1.63. The zero-order chi connectivity index (χ0) is 14.5. The molecular weight excluding hydrogens is 320 g/mol. The third-order valence-electron chi connectivity index (χ3n) is 2.60. The van der Waals surface area contributed by atoms with E-state index in [4.69, 9.17) is 4.74 Å². The molecule has 0 spiro atoms. The van der Waals surface area contributed by atoms with Crippen LogP contribution in [-0.2, 0) is 0 Å². The molecule has 2 aromatic rings. The predicted octanol–water partition coefficient (Wildman–Crippen LogP) is 3.80. The maximum Gasteiger partial charge on any atom is 0.255 e. The zero-order valence-electron chi connectivity index (χ0n) is 11.3. The quantitative estimate of drug-likeness (QED) is 0.925. The van der Waals surface area contributed by atoms with Gasteiger partial charge in [0.1, 0.15) is 5.69 Å². The monoisotopic (exact) mass is 334 g/mol. The minimum absolute atomic E-state index is 0.191. The first-order valence-corrected chi connectivity index (χ1v) is 7.06. The Morgan fingerprint density at radius 2 is 2.20 bits per heavy atom. The first-order valence-electron chi connectivity index (χ1n) is 6.26. The minimum Gasteiger partial charge on any atom is -0.476 e. The molecular formula is C15H15BrN2O2. The van der Waals surface area contributed by atoms with Crippen LogP contribution in [0.2, 0.25) is 0 Å². The third-order valence-corrected chi connectivity index (χ3v) is 3.06. The highest BCUT2D eigenvalue weighted by Crippen LogP contribution is 2.22. The van der Waals surface area contributed by atoms with Gasteiger partial charge in [0.15, 0.2) is 0 Å². The van der Waals surface area contributed by atoms with E-state index < -0.39 is 0 Å². The lowest BCUT2D eigenvalue weighted by atomic mass is 10.1. The molecule has 0 aliphatic carbocycles. The van der Waals surface area contributed by atoms with Crippen LogP contribution in [0.15, 0.2) is 41.0 Å². The average molecular weight is 335 g/mol. The minimum atomic E-state index is -0.191. The lowest BCUT2D eigenvalue weighted by molar-refractivity contribution is 0.102. The number of anilines is 1. The van der Waals surface area contributed by atoms with Gasteiger partial charge in [-0.15, -0.1) is 0 Å². The highest BCUT2D eigenvalue weighted by atomic mass is 79.9. The Labute approximate surface area is 126 Å². The van der Waals surface area contributed by atoms with Crippen molar-refractivity contribution in [2.75, 3.05) is 11.9 Å². The van der Waals surface area contributed by atoms with Crippen LogP contribution in [0.25, 0.3) is 0 Å². The van der Waals surface area contributed by atoms with Gasteiger partial charge in [0.25, 0.3) is 5.91 Å². The van der Waals surface area contributed by atoms with Gasteiger partial charge in [-0.05, 0) is 49.7 Å². The van der Waals surface area contributed by atoms with E-state index in [1.807, 2.05) is 26.0 Å². The number of hydrogen-bond acceptors (Lipinski definition) is 3. The van der Waals surface area contributed by atoms with Crippen molar-refractivity contribution in [1.82, 2.24) is 4.98 Å². The van der Waals surface area contributed by atoms with Crippen LogP contribution in [-0.4, -0.2) is 17.5 Å². The highest BCUT2D eigenvalue weighted by molar-refractivity contribution is 9.10. The van der Waals surface area contributed by atoms with Crippen LogP contribution in [0.3, 0.4) is 0 Å². The molecule has 1 heterocycles. The maximum absolute atomic E-state index is 12.3. The van der Waals surface area contributed by atoms with Crippen molar-refractivity contribution >= 4 is 27.5 Å². The molecule has 0 aliphatic rings. The topological polar surface area (TPSA) is 51.2 Å². The van der Waals surface area contributed by atoms with Gasteiger partial charge in [0.2, 0.25) is 5.88 Å². The summed E-state index contributed by atoms with van der Waals surface area (Å²) in [6.45, 7) is 4.31. The van der Waals surface area contributed by atoms with Crippen LogP contribution in [0, 0.1) is 6.92 Å². The number of nitrogens with one attached hydrogen (secondary N) is 1. The molecule has 104 valence electrons. The van der Waals surface area contributed by atoms with Gasteiger partial charge in [-0.2, -0.15) is 0 Å². The van der Waals surface area contributed by atoms with Crippen LogP contribution in [0.4, 0.5) is 5.69 Å². The zero-order valence-corrected chi connectivity index (χ0v) is 12.9. The second-order valence-electron chi connectivity index (χ2n) is 4.26. The second-order valence-corrected chi connectivity index (χ2v) is 5.18. The summed E-state index contributed by atoms with van der Waals surface area (Å²) in [7, 11) is 0. The van der Waals surface area contributed by atoms with Crippen LogP contribution >= 0.6 is 15.9 Å². The van der Waals surface area contributed by atoms with Crippen molar-refractivity contribution < 1.29 is 9.53 Å². The molecule has 0 atom stereocenters. The summed E-state index contributed by atoms with van der Waals surface area (Å²) in [5.74, 6) is 0.235. The second kappa shape index (κ2) is 6.52. The van der Waals surface area contributed by atoms with E-state index >= 15 is 0 Å². The number of hydrogen-bond donors (Lipinski definition) is 1. The SMILES string of the molecule is CCOc1ncccc1NC(=O)c1cc(C)cc(Br)c1. The summed E-state index contributed by atoms with van der Waals surface area (Å²) >= 11 is 3.39. The molecule has 20 heavy (non-hydrogen) atoms. The molecule has 4 nitrogen and oxygen atoms in total. The fourth-order valence-electron chi connectivity index (χ4n) is 1.80. The number of aromatic nitrogens is 1. The van der Waals surface area contributed by atoms with Crippen molar-refractivity contribution in [1.29, 1.82) is 0 Å². The van der Waals surface area contributed by atoms with Crippen molar-refractivity contribution in [3.8, 4) is 5.88 Å². The van der Waals surface area contributed by atoms with Gasteiger partial charge in [0.05, 0.1) is 6.61 Å². The normalized spacial score (nSPS) is 10.2. The van der Waals surface area contributed by atoms with Crippen molar-refractivity contribution in [2.24, 2.45) is 0 Å². The first-order chi connectivity index (χ1) is 9.60. The standard InChI is InChI=1S/C15H15BrN2O2/c1-3-20-15-13(5-4-6-17-15)18-14(19)11-7-10(2)8-12(16)9-11/h4-9H,3H2,1-2H3,(H,18,19). The number of benzene rings is 1. The van der Waals surface area contributed by atoms with Crippen molar-refractivity contribution in [2.45, 2.75) is 13.8 Å². The van der Waals surface area contributed by atoms with E-state index in [-0.39, 0.29) is 5.91 Å². The molecule has 1 amide bonds. The molecule has 0 aliphatic heterocycles. The molecule has 0 radical (unpaired) electrons. The van der Waals surface area contributed by atoms with Crippen LogP contribution < -0.4 is 10.1 Å². The van der Waals surface area contributed by atoms with E-state index in [0.717, 1.165) is 10.0 Å². The van der Waals surface area contributed by atoms with Gasteiger partial charge in [0, 0.05) is 16.2 Å². The third kappa shape index (κ3) is 3.57. The number of nitrogens with zero attached hydrogens (tertiary/aromatic N) is 1. The van der Waals surface area contributed by atoms with Crippen molar-refractivity contribution in [3.63, 3.8) is 0 Å². The average Bonchev–Trinajstić information content (AvgIpc) is 2.40. The molecule has 0 fully saturated rings. The summed E-state index contributed by atoms with van der Waals surface area (Å²) in [6, 6.07) is 9.08. The summed E-state index contributed by atoms with van der Waals surface area (Å²) in [5, 5.41) is 2.82. The van der Waals surface area contributed by atoms with E-state index in [1.165, 1.54) is 0 Å². The number of pyridine rings is 1. The Bertz CT molecular complexity index is 609. The molecule has 0 saturated heterocycles. The summed E-state index contributed by atoms with van der Waals surface area (Å²) in [5.41, 5.74) is 2.17. The fraction of sp³-hybridized carbons (Fsp3) is 0.200. The smallest absolute Gasteiger partial charge is 0.255 e. The van der Waals surface area contributed by atoms with Gasteiger partial charge in [-0.1, -0.05) is 15.9 Å². The van der Waals surface area contributed by atoms with Crippen molar-refractivity contribution in [3.05, 3.63) is 52.1 Å². The first kappa shape index (κ1) is 14.5. The van der Waals surface area contributed by atoms with Gasteiger partial charge >= 0.3 is 0 Å². The van der Waals surface area contributed by atoms with Crippen LogP contribution in [0.1, 0.15) is 22.8 Å². The van der Waals surface area contributed by atoms with E-state index in [2.05, 4.69) is 26.2 Å². The number of ether oxygens (including phenoxy) is 1. The predicted molar refractivity (Wildman–Crippen MR) is 82.2 cm³/mol. The molecule has 1 N–H and O–H groups in total. The Morgan fingerprint density at radius 3 is 2.90 bits per heavy atom. The Hall–Kier alpha value is -1.88. The Balaban J connectivity index is 2.23. The number of amides is 1. The molecule has 0 unspecified atom stereocenters. The number of aryl methyl sites for hydroxylation is 1. The number of rotatable bonds is 4. The lowest BCUT2D eigenvalue weighted by Crippen LogP contribution is -2.13. The van der Waals surface area contributed by atoms with Gasteiger partial charge in [-0.3, -0.25) is 4.79 Å². The molecule has 2 rings (SSSR count). The van der Waals surface area contributed by atoms with Gasteiger partial charge < -0.3 is 10.1 Å². The summed E-state index contributed by atoms with van der Waals surface area (Å²) < 4.78 is 6.26. The molecule has 0 saturated carbocycles. The fourth-order valence-corrected chi connectivity index (χ4v) is 2.41. The van der Waals surface area contributed by atoms with E-state index in [0.29, 0.717) is 23.7 Å². The van der Waals surface area contributed by atoms with Gasteiger partial charge in [-0.25, -0.2) is 4.98 Å². The molecule has 1 aromatic carbocycles. The number of carbonyl (C=O) groups is 1. The molecule has 1 aromatic heterocycles. The number of halogens is 1. The molecule has 0 bridgehead atoms. The maximum atomic E-state index is 12.3. The van der Waals surface area contributed by atoms with E-state index in [9.17, 15) is 4.79 Å². The highest BCUT2D eigenvalue weighted by Gasteiger charge is 2.11. The summed E-state index contributed by atoms with van der Waals surface area (Å²) in [4.78, 5) is 16.4. The van der Waals surface area contributed by atoms with Crippen LogP contribution in [0.5, 0.6) is 5.88 Å². The Kier molecular flexibility index (Phi) is 4.74. The Morgan fingerprint density at radius 1 is 1.40 bits per heavy atom.